The normalized spacial score (nSPS) is 18.9. The Balaban J connectivity index is 2.08. The van der Waals surface area contributed by atoms with Crippen molar-refractivity contribution in [2.24, 2.45) is 0 Å². The highest BCUT2D eigenvalue weighted by Gasteiger charge is 2.24. The number of nitro groups is 1. The van der Waals surface area contributed by atoms with Crippen LogP contribution in [-0.4, -0.2) is 47.0 Å². The van der Waals surface area contributed by atoms with Gasteiger partial charge in [-0.3, -0.25) is 14.9 Å². The molecule has 1 fully saturated rings. The van der Waals surface area contributed by atoms with Gasteiger partial charge in [0.25, 0.3) is 11.6 Å². The zero-order valence-corrected chi connectivity index (χ0v) is 11.2. The molecule has 1 saturated heterocycles. The maximum Gasteiger partial charge on any atom is 0.282 e. The van der Waals surface area contributed by atoms with E-state index in [9.17, 15) is 20.0 Å². The van der Waals surface area contributed by atoms with E-state index in [0.717, 1.165) is 31.5 Å². The van der Waals surface area contributed by atoms with Gasteiger partial charge in [-0.1, -0.05) is 0 Å². The highest BCUT2D eigenvalue weighted by atomic mass is 16.6. The van der Waals surface area contributed by atoms with Crippen LogP contribution in [0.4, 0.5) is 5.69 Å². The van der Waals surface area contributed by atoms with E-state index in [1.165, 1.54) is 6.07 Å². The predicted molar refractivity (Wildman–Crippen MR) is 72.7 cm³/mol. The second kappa shape index (κ2) is 5.87. The molecular formula is C13H17N3O4. The molecule has 1 aliphatic rings. The van der Waals surface area contributed by atoms with Crippen LogP contribution in [0.15, 0.2) is 18.2 Å². The minimum absolute atomic E-state index is 0.115. The van der Waals surface area contributed by atoms with Crippen LogP contribution < -0.4 is 5.32 Å². The molecule has 7 heteroatoms. The van der Waals surface area contributed by atoms with E-state index in [1.54, 1.807) is 0 Å². The van der Waals surface area contributed by atoms with Crippen LogP contribution in [0.1, 0.15) is 23.2 Å². The molecule has 1 unspecified atom stereocenters. The smallest absolute Gasteiger partial charge is 0.282 e. The summed E-state index contributed by atoms with van der Waals surface area (Å²) < 4.78 is 0. The van der Waals surface area contributed by atoms with Gasteiger partial charge < -0.3 is 15.3 Å². The molecule has 1 aromatic rings. The average Bonchev–Trinajstić information content (AvgIpc) is 2.81. The zero-order chi connectivity index (χ0) is 14.7. The van der Waals surface area contributed by atoms with Crippen molar-refractivity contribution >= 4 is 11.6 Å². The molecule has 1 aromatic carbocycles. The van der Waals surface area contributed by atoms with Crippen LogP contribution in [0.3, 0.4) is 0 Å². The Morgan fingerprint density at radius 2 is 2.35 bits per heavy atom. The maximum absolute atomic E-state index is 12.0. The van der Waals surface area contributed by atoms with E-state index in [1.807, 2.05) is 7.05 Å². The van der Waals surface area contributed by atoms with E-state index < -0.39 is 10.8 Å². The maximum atomic E-state index is 12.0. The van der Waals surface area contributed by atoms with Crippen molar-refractivity contribution in [2.75, 3.05) is 20.1 Å². The second-order valence-corrected chi connectivity index (χ2v) is 4.95. The number of benzene rings is 1. The van der Waals surface area contributed by atoms with Crippen LogP contribution in [0.25, 0.3) is 0 Å². The Kier molecular flexibility index (Phi) is 4.19. The number of hydrogen-bond acceptors (Lipinski definition) is 5. The fourth-order valence-corrected chi connectivity index (χ4v) is 2.41. The molecule has 1 amide bonds. The van der Waals surface area contributed by atoms with E-state index in [2.05, 4.69) is 10.2 Å². The summed E-state index contributed by atoms with van der Waals surface area (Å²) in [7, 11) is 1.99. The summed E-state index contributed by atoms with van der Waals surface area (Å²) in [6, 6.07) is 3.70. The Hall–Kier alpha value is -2.15. The monoisotopic (exact) mass is 279 g/mol. The number of hydrogen-bond donors (Lipinski definition) is 2. The Labute approximate surface area is 116 Å². The summed E-state index contributed by atoms with van der Waals surface area (Å²) in [5.74, 6) is -0.702. The molecule has 20 heavy (non-hydrogen) atoms. The number of carbonyl (C=O) groups excluding carboxylic acids is 1. The first-order valence-electron chi connectivity index (χ1n) is 6.45. The lowest BCUT2D eigenvalue weighted by Crippen LogP contribution is -2.38. The van der Waals surface area contributed by atoms with E-state index >= 15 is 0 Å². The van der Waals surface area contributed by atoms with Crippen molar-refractivity contribution in [2.45, 2.75) is 18.9 Å². The number of nitro benzene ring substituents is 1. The van der Waals surface area contributed by atoms with Crippen molar-refractivity contribution in [1.82, 2.24) is 10.2 Å². The molecule has 7 nitrogen and oxygen atoms in total. The molecule has 0 spiro atoms. The van der Waals surface area contributed by atoms with Gasteiger partial charge in [0.1, 0.15) is 11.3 Å². The zero-order valence-electron chi connectivity index (χ0n) is 11.2. The Bertz CT molecular complexity index is 532. The molecule has 1 aliphatic heterocycles. The Morgan fingerprint density at radius 1 is 1.60 bits per heavy atom. The molecule has 1 atom stereocenters. The number of amides is 1. The number of phenolic OH excluding ortho intramolecular Hbond substituents is 1. The number of rotatable bonds is 4. The van der Waals surface area contributed by atoms with Gasteiger partial charge in [0.05, 0.1) is 4.92 Å². The lowest BCUT2D eigenvalue weighted by molar-refractivity contribution is -0.385. The lowest BCUT2D eigenvalue weighted by atomic mass is 10.1. The largest absolute Gasteiger partial charge is 0.508 e. The van der Waals surface area contributed by atoms with E-state index in [-0.39, 0.29) is 23.0 Å². The van der Waals surface area contributed by atoms with Crippen molar-refractivity contribution < 1.29 is 14.8 Å². The van der Waals surface area contributed by atoms with Gasteiger partial charge >= 0.3 is 0 Å². The highest BCUT2D eigenvalue weighted by Crippen LogP contribution is 2.23. The predicted octanol–water partition coefficient (Wildman–Crippen LogP) is 1.12. The Morgan fingerprint density at radius 3 is 2.95 bits per heavy atom. The molecule has 2 N–H and O–H groups in total. The SMILES string of the molecule is CN1CCCC1CNC(=O)c1cc(O)ccc1[N+](=O)[O-]. The molecule has 0 radical (unpaired) electrons. The van der Waals surface area contributed by atoms with Gasteiger partial charge in [0.2, 0.25) is 0 Å². The number of likely N-dealkylation sites (N-methyl/N-ethyl adjacent to an activating group) is 1. The fraction of sp³-hybridized carbons (Fsp3) is 0.462. The molecule has 0 aromatic heterocycles. The molecule has 0 bridgehead atoms. The minimum Gasteiger partial charge on any atom is -0.508 e. The van der Waals surface area contributed by atoms with Gasteiger partial charge in [0.15, 0.2) is 0 Å². The number of nitrogens with one attached hydrogen (secondary N) is 1. The first-order chi connectivity index (χ1) is 9.49. The van der Waals surface area contributed by atoms with Crippen molar-refractivity contribution in [1.29, 1.82) is 0 Å². The minimum atomic E-state index is -0.629. The first-order valence-corrected chi connectivity index (χ1v) is 6.45. The van der Waals surface area contributed by atoms with Crippen LogP contribution in [0.2, 0.25) is 0 Å². The van der Waals surface area contributed by atoms with Gasteiger partial charge in [-0.15, -0.1) is 0 Å². The van der Waals surface area contributed by atoms with Gasteiger partial charge in [-0.25, -0.2) is 0 Å². The summed E-state index contributed by atoms with van der Waals surface area (Å²) in [4.78, 5) is 24.4. The van der Waals surface area contributed by atoms with Crippen molar-refractivity contribution in [3.63, 3.8) is 0 Å². The van der Waals surface area contributed by atoms with E-state index in [0.29, 0.717) is 6.54 Å². The molecule has 108 valence electrons. The van der Waals surface area contributed by atoms with Gasteiger partial charge in [-0.2, -0.15) is 0 Å². The summed E-state index contributed by atoms with van der Waals surface area (Å²) >= 11 is 0. The quantitative estimate of drug-likeness (QED) is 0.636. The van der Waals surface area contributed by atoms with Crippen LogP contribution in [0.5, 0.6) is 5.75 Å². The molecule has 1 heterocycles. The van der Waals surface area contributed by atoms with E-state index in [4.69, 9.17) is 0 Å². The number of likely N-dealkylation sites (tertiary alicyclic amines) is 1. The van der Waals surface area contributed by atoms with Crippen LogP contribution in [0, 0.1) is 10.1 Å². The molecule has 2 rings (SSSR count). The van der Waals surface area contributed by atoms with Crippen LogP contribution in [-0.2, 0) is 0 Å². The van der Waals surface area contributed by atoms with Crippen molar-refractivity contribution in [3.05, 3.63) is 33.9 Å². The standard InChI is InChI=1S/C13H17N3O4/c1-15-6-2-3-9(15)8-14-13(18)11-7-10(17)4-5-12(11)16(19)20/h4-5,7,9,17H,2-3,6,8H2,1H3,(H,14,18). The molecule has 0 aliphatic carbocycles. The van der Waals surface area contributed by atoms with Crippen LogP contribution >= 0.6 is 0 Å². The molecular weight excluding hydrogens is 262 g/mol. The van der Waals surface area contributed by atoms with Gasteiger partial charge in [0, 0.05) is 18.7 Å². The third-order valence-corrected chi connectivity index (χ3v) is 3.59. The number of phenols is 1. The number of nitrogens with zero attached hydrogens (tertiary/aromatic N) is 2. The topological polar surface area (TPSA) is 95.7 Å². The number of carbonyl (C=O) groups is 1. The lowest BCUT2D eigenvalue weighted by Gasteiger charge is -2.19. The third kappa shape index (κ3) is 3.05. The second-order valence-electron chi connectivity index (χ2n) is 4.95. The summed E-state index contributed by atoms with van der Waals surface area (Å²) in [6.45, 7) is 1.44. The molecule has 0 saturated carbocycles. The third-order valence-electron chi connectivity index (χ3n) is 3.59. The fourth-order valence-electron chi connectivity index (χ4n) is 2.41. The van der Waals surface area contributed by atoms with Crippen molar-refractivity contribution in [3.8, 4) is 5.75 Å². The summed E-state index contributed by atoms with van der Waals surface area (Å²) in [5.41, 5.74) is -0.421. The van der Waals surface area contributed by atoms with Gasteiger partial charge in [-0.05, 0) is 38.6 Å². The summed E-state index contributed by atoms with van der Waals surface area (Å²) in [6.07, 6.45) is 2.09. The average molecular weight is 279 g/mol. The summed E-state index contributed by atoms with van der Waals surface area (Å²) in [5, 5.41) is 23.0. The number of aromatic hydroxyl groups is 1. The highest BCUT2D eigenvalue weighted by molar-refractivity contribution is 5.98. The first kappa shape index (κ1) is 14.3.